The van der Waals surface area contributed by atoms with Gasteiger partial charge in [-0.2, -0.15) is 0 Å². The van der Waals surface area contributed by atoms with E-state index in [9.17, 15) is 4.79 Å². The Morgan fingerprint density at radius 1 is 1.35 bits per heavy atom. The monoisotopic (exact) mass is 272 g/mol. The Labute approximate surface area is 110 Å². The molecule has 1 aromatic carbocycles. The lowest BCUT2D eigenvalue weighted by atomic mass is 10.1. The van der Waals surface area contributed by atoms with Gasteiger partial charge in [0.15, 0.2) is 0 Å². The van der Waals surface area contributed by atoms with Crippen LogP contribution in [0.1, 0.15) is 23.2 Å². The number of amides is 1. The Morgan fingerprint density at radius 2 is 1.94 bits per heavy atom. The van der Waals surface area contributed by atoms with Crippen LogP contribution >= 0.6 is 23.2 Å². The van der Waals surface area contributed by atoms with Crippen molar-refractivity contribution in [3.8, 4) is 0 Å². The van der Waals surface area contributed by atoms with Crippen LogP contribution in [0.5, 0.6) is 0 Å². The van der Waals surface area contributed by atoms with Crippen LogP contribution in [0.3, 0.4) is 0 Å². The van der Waals surface area contributed by atoms with E-state index in [-0.39, 0.29) is 11.9 Å². The molecule has 1 atom stereocenters. The van der Waals surface area contributed by atoms with Crippen molar-refractivity contribution in [2.24, 2.45) is 11.7 Å². The molecule has 3 N–H and O–H groups in total. The number of benzene rings is 1. The Bertz CT molecular complexity index is 412. The molecule has 2 rings (SSSR count). The molecule has 17 heavy (non-hydrogen) atoms. The van der Waals surface area contributed by atoms with E-state index >= 15 is 0 Å². The van der Waals surface area contributed by atoms with Crippen molar-refractivity contribution < 1.29 is 4.79 Å². The lowest BCUT2D eigenvalue weighted by Crippen LogP contribution is -2.41. The molecular weight excluding hydrogens is 259 g/mol. The van der Waals surface area contributed by atoms with Crippen LogP contribution in [-0.2, 0) is 0 Å². The maximum atomic E-state index is 12.0. The molecule has 1 aliphatic rings. The topological polar surface area (TPSA) is 55.1 Å². The fourth-order valence-electron chi connectivity index (χ4n) is 1.80. The standard InChI is InChI=1S/C12H14Cl2N2O/c13-9-3-8(4-10(14)5-9)12(17)16-11(6-15)7-1-2-7/h3-5,7,11H,1-2,6,15H2,(H,16,17). The van der Waals surface area contributed by atoms with Crippen LogP contribution < -0.4 is 11.1 Å². The summed E-state index contributed by atoms with van der Waals surface area (Å²) in [4.78, 5) is 12.0. The maximum absolute atomic E-state index is 12.0. The first-order valence-electron chi connectivity index (χ1n) is 5.57. The smallest absolute Gasteiger partial charge is 0.251 e. The number of hydrogen-bond acceptors (Lipinski definition) is 2. The summed E-state index contributed by atoms with van der Waals surface area (Å²) in [7, 11) is 0. The molecular formula is C12H14Cl2N2O. The van der Waals surface area contributed by atoms with Gasteiger partial charge >= 0.3 is 0 Å². The largest absolute Gasteiger partial charge is 0.348 e. The number of nitrogens with one attached hydrogen (secondary N) is 1. The van der Waals surface area contributed by atoms with Crippen molar-refractivity contribution >= 4 is 29.1 Å². The highest BCUT2D eigenvalue weighted by Crippen LogP contribution is 2.32. The molecule has 0 radical (unpaired) electrons. The predicted molar refractivity (Wildman–Crippen MR) is 69.5 cm³/mol. The van der Waals surface area contributed by atoms with Crippen molar-refractivity contribution in [1.82, 2.24) is 5.32 Å². The number of hydrogen-bond donors (Lipinski definition) is 2. The van der Waals surface area contributed by atoms with E-state index < -0.39 is 0 Å². The van der Waals surface area contributed by atoms with Gasteiger partial charge in [-0.1, -0.05) is 23.2 Å². The number of carbonyl (C=O) groups is 1. The summed E-state index contributed by atoms with van der Waals surface area (Å²) in [5.74, 6) is 0.357. The van der Waals surface area contributed by atoms with Crippen LogP contribution in [0.15, 0.2) is 18.2 Å². The van der Waals surface area contributed by atoms with Crippen LogP contribution in [-0.4, -0.2) is 18.5 Å². The Morgan fingerprint density at radius 3 is 2.41 bits per heavy atom. The lowest BCUT2D eigenvalue weighted by molar-refractivity contribution is 0.0933. The van der Waals surface area contributed by atoms with Gasteiger partial charge in [-0.05, 0) is 37.0 Å². The summed E-state index contributed by atoms with van der Waals surface area (Å²) in [6.07, 6.45) is 2.27. The van der Waals surface area contributed by atoms with Gasteiger partial charge in [-0.25, -0.2) is 0 Å². The minimum Gasteiger partial charge on any atom is -0.348 e. The second-order valence-electron chi connectivity index (χ2n) is 4.31. The van der Waals surface area contributed by atoms with Crippen LogP contribution in [0.2, 0.25) is 10.0 Å². The van der Waals surface area contributed by atoms with Crippen molar-refractivity contribution in [1.29, 1.82) is 0 Å². The van der Waals surface area contributed by atoms with Crippen molar-refractivity contribution in [2.45, 2.75) is 18.9 Å². The molecule has 5 heteroatoms. The zero-order valence-electron chi connectivity index (χ0n) is 9.25. The van der Waals surface area contributed by atoms with E-state index in [2.05, 4.69) is 5.32 Å². The van der Waals surface area contributed by atoms with Crippen LogP contribution in [0.4, 0.5) is 0 Å². The molecule has 92 valence electrons. The molecule has 1 amide bonds. The van der Waals surface area contributed by atoms with Crippen molar-refractivity contribution in [3.63, 3.8) is 0 Å². The molecule has 0 bridgehead atoms. The van der Waals surface area contributed by atoms with E-state index in [1.54, 1.807) is 18.2 Å². The van der Waals surface area contributed by atoms with Gasteiger partial charge in [0.05, 0.1) is 0 Å². The Kier molecular flexibility index (Phi) is 3.92. The average molecular weight is 273 g/mol. The van der Waals surface area contributed by atoms with Gasteiger partial charge < -0.3 is 11.1 Å². The predicted octanol–water partition coefficient (Wildman–Crippen LogP) is 2.46. The fraction of sp³-hybridized carbons (Fsp3) is 0.417. The number of halogens is 2. The van der Waals surface area contributed by atoms with E-state index in [1.807, 2.05) is 0 Å². The van der Waals surface area contributed by atoms with E-state index in [4.69, 9.17) is 28.9 Å². The molecule has 3 nitrogen and oxygen atoms in total. The van der Waals surface area contributed by atoms with Crippen LogP contribution in [0, 0.1) is 5.92 Å². The Balaban J connectivity index is 2.07. The first-order valence-corrected chi connectivity index (χ1v) is 6.33. The van der Waals surface area contributed by atoms with Gasteiger partial charge in [0, 0.05) is 28.2 Å². The van der Waals surface area contributed by atoms with Crippen molar-refractivity contribution in [2.75, 3.05) is 6.54 Å². The quantitative estimate of drug-likeness (QED) is 0.885. The zero-order valence-corrected chi connectivity index (χ0v) is 10.8. The highest BCUT2D eigenvalue weighted by atomic mass is 35.5. The lowest BCUT2D eigenvalue weighted by Gasteiger charge is -2.16. The molecule has 0 heterocycles. The highest BCUT2D eigenvalue weighted by molar-refractivity contribution is 6.35. The molecule has 0 aliphatic heterocycles. The third kappa shape index (κ3) is 3.35. The molecule has 1 aromatic rings. The van der Waals surface area contributed by atoms with Gasteiger partial charge in [-0.15, -0.1) is 0 Å². The minimum absolute atomic E-state index is 0.0558. The second-order valence-corrected chi connectivity index (χ2v) is 5.18. The molecule has 0 aromatic heterocycles. The van der Waals surface area contributed by atoms with E-state index in [1.165, 1.54) is 0 Å². The summed E-state index contributed by atoms with van der Waals surface area (Å²) >= 11 is 11.7. The van der Waals surface area contributed by atoms with Gasteiger partial charge in [-0.3, -0.25) is 4.79 Å². The molecule has 1 fully saturated rings. The number of nitrogens with two attached hydrogens (primary N) is 1. The maximum Gasteiger partial charge on any atom is 0.251 e. The normalized spacial score (nSPS) is 16.6. The SMILES string of the molecule is NCC(NC(=O)c1cc(Cl)cc(Cl)c1)C1CC1. The molecule has 0 spiro atoms. The summed E-state index contributed by atoms with van der Waals surface area (Å²) in [6.45, 7) is 0.463. The third-order valence-electron chi connectivity index (χ3n) is 2.89. The van der Waals surface area contributed by atoms with Gasteiger partial charge in [0.25, 0.3) is 5.91 Å². The summed E-state index contributed by atoms with van der Waals surface area (Å²) < 4.78 is 0. The molecule has 1 unspecified atom stereocenters. The first kappa shape index (κ1) is 12.7. The van der Waals surface area contributed by atoms with E-state index in [0.29, 0.717) is 28.1 Å². The zero-order chi connectivity index (χ0) is 12.4. The first-order chi connectivity index (χ1) is 8.10. The fourth-order valence-corrected chi connectivity index (χ4v) is 2.33. The van der Waals surface area contributed by atoms with E-state index in [0.717, 1.165) is 12.8 Å². The average Bonchev–Trinajstić information content (AvgIpc) is 3.08. The van der Waals surface area contributed by atoms with Crippen LogP contribution in [0.25, 0.3) is 0 Å². The highest BCUT2D eigenvalue weighted by Gasteiger charge is 2.31. The Hall–Kier alpha value is -0.770. The molecule has 1 saturated carbocycles. The third-order valence-corrected chi connectivity index (χ3v) is 3.32. The minimum atomic E-state index is -0.170. The number of rotatable bonds is 4. The molecule has 0 saturated heterocycles. The second kappa shape index (κ2) is 5.25. The van der Waals surface area contributed by atoms with Crippen molar-refractivity contribution in [3.05, 3.63) is 33.8 Å². The number of carbonyl (C=O) groups excluding carboxylic acids is 1. The molecule has 1 aliphatic carbocycles. The van der Waals surface area contributed by atoms with Gasteiger partial charge in [0.1, 0.15) is 0 Å². The summed E-state index contributed by atoms with van der Waals surface area (Å²) in [6, 6.07) is 4.86. The van der Waals surface area contributed by atoms with Gasteiger partial charge in [0.2, 0.25) is 0 Å². The summed E-state index contributed by atoms with van der Waals surface area (Å²) in [5, 5.41) is 3.83. The summed E-state index contributed by atoms with van der Waals surface area (Å²) in [5.41, 5.74) is 6.11.